The van der Waals surface area contributed by atoms with Crippen LogP contribution in [-0.2, 0) is 9.53 Å². The molecule has 2 aliphatic rings. The fraction of sp³-hybridized carbons (Fsp3) is 0.889. The molecule has 1 saturated carbocycles. The van der Waals surface area contributed by atoms with Crippen molar-refractivity contribution >= 4 is 5.91 Å². The normalized spacial score (nSPS) is 25.9. The van der Waals surface area contributed by atoms with E-state index >= 15 is 0 Å². The van der Waals surface area contributed by atoms with Crippen LogP contribution in [0, 0.1) is 0 Å². The molecule has 0 unspecified atom stereocenters. The van der Waals surface area contributed by atoms with E-state index in [4.69, 9.17) is 4.74 Å². The van der Waals surface area contributed by atoms with Crippen molar-refractivity contribution in [1.29, 1.82) is 0 Å². The monoisotopic (exact) mass is 169 g/mol. The molecule has 0 N–H and O–H groups in total. The maximum absolute atomic E-state index is 11.5. The summed E-state index contributed by atoms with van der Waals surface area (Å²) in [6, 6.07) is 0. The molecule has 68 valence electrons. The SMILES string of the molecule is CCC(=O)N1CCOCC12CC2. The van der Waals surface area contributed by atoms with Crippen molar-refractivity contribution in [2.45, 2.75) is 31.7 Å². The maximum Gasteiger partial charge on any atom is 0.222 e. The third-order valence-electron chi connectivity index (χ3n) is 2.83. The zero-order chi connectivity index (χ0) is 8.60. The number of morpholine rings is 1. The van der Waals surface area contributed by atoms with Gasteiger partial charge < -0.3 is 9.64 Å². The lowest BCUT2D eigenvalue weighted by atomic mass is 10.2. The minimum Gasteiger partial charge on any atom is -0.377 e. The highest BCUT2D eigenvalue weighted by molar-refractivity contribution is 5.77. The van der Waals surface area contributed by atoms with Crippen LogP contribution in [0.5, 0.6) is 0 Å². The summed E-state index contributed by atoms with van der Waals surface area (Å²) in [5, 5.41) is 0. The minimum atomic E-state index is 0.130. The first-order valence-corrected chi connectivity index (χ1v) is 4.67. The van der Waals surface area contributed by atoms with Crippen LogP contribution in [0.1, 0.15) is 26.2 Å². The van der Waals surface area contributed by atoms with Crippen LogP contribution >= 0.6 is 0 Å². The molecule has 3 nitrogen and oxygen atoms in total. The lowest BCUT2D eigenvalue weighted by Gasteiger charge is -2.36. The van der Waals surface area contributed by atoms with E-state index in [0.29, 0.717) is 13.0 Å². The smallest absolute Gasteiger partial charge is 0.222 e. The fourth-order valence-corrected chi connectivity index (χ4v) is 1.87. The van der Waals surface area contributed by atoms with Gasteiger partial charge in [-0.15, -0.1) is 0 Å². The lowest BCUT2D eigenvalue weighted by molar-refractivity contribution is -0.141. The number of ether oxygens (including phenoxy) is 1. The second-order valence-electron chi connectivity index (χ2n) is 3.68. The van der Waals surface area contributed by atoms with Crippen molar-refractivity contribution in [3.8, 4) is 0 Å². The standard InChI is InChI=1S/C9H15NO2/c1-2-8(11)10-5-6-12-7-9(10)3-4-9/h2-7H2,1H3. The highest BCUT2D eigenvalue weighted by atomic mass is 16.5. The molecule has 1 aliphatic heterocycles. The van der Waals surface area contributed by atoms with E-state index in [-0.39, 0.29) is 11.4 Å². The van der Waals surface area contributed by atoms with Crippen molar-refractivity contribution in [3.63, 3.8) is 0 Å². The Bertz CT molecular complexity index is 199. The summed E-state index contributed by atoms with van der Waals surface area (Å²) in [7, 11) is 0. The molecule has 1 aliphatic carbocycles. The van der Waals surface area contributed by atoms with Crippen LogP contribution in [0.15, 0.2) is 0 Å². The number of carbonyl (C=O) groups is 1. The average Bonchev–Trinajstić information content (AvgIpc) is 2.85. The summed E-state index contributed by atoms with van der Waals surface area (Å²) in [5.74, 6) is 0.288. The van der Waals surface area contributed by atoms with Crippen molar-refractivity contribution in [1.82, 2.24) is 4.90 Å². The first-order valence-electron chi connectivity index (χ1n) is 4.67. The van der Waals surface area contributed by atoms with Crippen molar-refractivity contribution in [2.24, 2.45) is 0 Å². The Morgan fingerprint density at radius 2 is 2.33 bits per heavy atom. The summed E-state index contributed by atoms with van der Waals surface area (Å²) in [6.45, 7) is 4.20. The summed E-state index contributed by atoms with van der Waals surface area (Å²) < 4.78 is 5.38. The predicted octanol–water partition coefficient (Wildman–Crippen LogP) is 0.788. The number of nitrogens with zero attached hydrogens (tertiary/aromatic N) is 1. The van der Waals surface area contributed by atoms with Gasteiger partial charge in [-0.25, -0.2) is 0 Å². The molecule has 1 amide bonds. The van der Waals surface area contributed by atoms with E-state index in [2.05, 4.69) is 0 Å². The lowest BCUT2D eigenvalue weighted by Crippen LogP contribution is -2.50. The quantitative estimate of drug-likeness (QED) is 0.580. The van der Waals surface area contributed by atoms with Gasteiger partial charge >= 0.3 is 0 Å². The highest BCUT2D eigenvalue weighted by Gasteiger charge is 2.51. The van der Waals surface area contributed by atoms with Gasteiger partial charge in [-0.05, 0) is 12.8 Å². The molecule has 2 fully saturated rings. The fourth-order valence-electron chi connectivity index (χ4n) is 1.87. The summed E-state index contributed by atoms with van der Waals surface area (Å²) in [5.41, 5.74) is 0.130. The van der Waals surface area contributed by atoms with Crippen LogP contribution in [0.25, 0.3) is 0 Å². The first-order chi connectivity index (χ1) is 5.78. The van der Waals surface area contributed by atoms with Crippen LogP contribution in [0.2, 0.25) is 0 Å². The van der Waals surface area contributed by atoms with Gasteiger partial charge in [0.2, 0.25) is 5.91 Å². The Kier molecular flexibility index (Phi) is 1.83. The van der Waals surface area contributed by atoms with Crippen LogP contribution in [0.3, 0.4) is 0 Å². The molecular weight excluding hydrogens is 154 g/mol. The molecule has 0 atom stereocenters. The molecule has 0 aromatic carbocycles. The van der Waals surface area contributed by atoms with Crippen LogP contribution < -0.4 is 0 Å². The van der Waals surface area contributed by atoms with E-state index in [9.17, 15) is 4.79 Å². The van der Waals surface area contributed by atoms with E-state index in [1.54, 1.807) is 0 Å². The Hall–Kier alpha value is -0.570. The van der Waals surface area contributed by atoms with Gasteiger partial charge in [0.15, 0.2) is 0 Å². The van der Waals surface area contributed by atoms with Gasteiger partial charge in [0.1, 0.15) is 0 Å². The van der Waals surface area contributed by atoms with E-state index in [1.165, 1.54) is 0 Å². The molecule has 0 radical (unpaired) electrons. The third-order valence-corrected chi connectivity index (χ3v) is 2.83. The Morgan fingerprint density at radius 1 is 1.58 bits per heavy atom. The Balaban J connectivity index is 2.06. The molecule has 12 heavy (non-hydrogen) atoms. The number of carbonyl (C=O) groups excluding carboxylic acids is 1. The molecule has 2 rings (SSSR count). The number of rotatable bonds is 1. The van der Waals surface area contributed by atoms with Gasteiger partial charge in [0.25, 0.3) is 0 Å². The molecule has 0 aromatic rings. The van der Waals surface area contributed by atoms with Crippen molar-refractivity contribution < 1.29 is 9.53 Å². The highest BCUT2D eigenvalue weighted by Crippen LogP contribution is 2.43. The average molecular weight is 169 g/mol. The first kappa shape index (κ1) is 8.05. The van der Waals surface area contributed by atoms with Crippen LogP contribution in [0.4, 0.5) is 0 Å². The maximum atomic E-state index is 11.5. The van der Waals surface area contributed by atoms with Gasteiger partial charge in [-0.3, -0.25) is 4.79 Å². The summed E-state index contributed by atoms with van der Waals surface area (Å²) >= 11 is 0. The molecule has 0 aromatic heterocycles. The zero-order valence-electron chi connectivity index (χ0n) is 7.51. The largest absolute Gasteiger partial charge is 0.377 e. The molecule has 0 bridgehead atoms. The van der Waals surface area contributed by atoms with E-state index in [1.807, 2.05) is 11.8 Å². The summed E-state index contributed by atoms with van der Waals surface area (Å²) in [6.07, 6.45) is 2.90. The van der Waals surface area contributed by atoms with Crippen LogP contribution in [-0.4, -0.2) is 36.1 Å². The Labute approximate surface area is 72.7 Å². The van der Waals surface area contributed by atoms with Crippen molar-refractivity contribution in [2.75, 3.05) is 19.8 Å². The van der Waals surface area contributed by atoms with Gasteiger partial charge in [0, 0.05) is 13.0 Å². The molecular formula is C9H15NO2. The number of amides is 1. The van der Waals surface area contributed by atoms with Gasteiger partial charge in [-0.2, -0.15) is 0 Å². The molecule has 1 heterocycles. The third kappa shape index (κ3) is 1.12. The Morgan fingerprint density at radius 3 is 2.92 bits per heavy atom. The van der Waals surface area contributed by atoms with E-state index in [0.717, 1.165) is 26.0 Å². The van der Waals surface area contributed by atoms with E-state index < -0.39 is 0 Å². The zero-order valence-corrected chi connectivity index (χ0v) is 7.51. The van der Waals surface area contributed by atoms with Crippen molar-refractivity contribution in [3.05, 3.63) is 0 Å². The topological polar surface area (TPSA) is 29.5 Å². The number of hydrogen-bond acceptors (Lipinski definition) is 2. The molecule has 3 heteroatoms. The summed E-state index contributed by atoms with van der Waals surface area (Å²) in [4.78, 5) is 13.5. The van der Waals surface area contributed by atoms with Gasteiger partial charge in [0.05, 0.1) is 18.8 Å². The second-order valence-corrected chi connectivity index (χ2v) is 3.68. The predicted molar refractivity (Wildman–Crippen MR) is 44.8 cm³/mol. The number of hydrogen-bond donors (Lipinski definition) is 0. The minimum absolute atomic E-state index is 0.130. The molecule has 1 spiro atoms. The molecule has 1 saturated heterocycles. The van der Waals surface area contributed by atoms with Gasteiger partial charge in [-0.1, -0.05) is 6.92 Å². The second kappa shape index (κ2) is 2.73.